The van der Waals surface area contributed by atoms with Crippen molar-refractivity contribution in [2.24, 2.45) is 0 Å². The lowest BCUT2D eigenvalue weighted by molar-refractivity contribution is -0.132. The number of carbonyl (C=O) groups is 2. The SMILES string of the molecule is C=CCOc1cccc(C2C(=C(O)c3c(C)nc4ccccn34)C(=O)C(=O)N2c2nnc(SCc3ccccc3F)s2)c1. The Morgan fingerprint density at radius 3 is 2.77 bits per heavy atom. The van der Waals surface area contributed by atoms with Gasteiger partial charge in [0, 0.05) is 11.9 Å². The van der Waals surface area contributed by atoms with Crippen molar-refractivity contribution in [1.82, 2.24) is 19.6 Å². The summed E-state index contributed by atoms with van der Waals surface area (Å²) in [6.07, 6.45) is 3.33. The number of amides is 1. The molecule has 216 valence electrons. The molecule has 9 nitrogen and oxygen atoms in total. The molecule has 1 N–H and O–H groups in total. The van der Waals surface area contributed by atoms with E-state index in [0.717, 1.165) is 11.3 Å². The topological polar surface area (TPSA) is 110 Å². The molecule has 2 aromatic carbocycles. The number of rotatable bonds is 9. The van der Waals surface area contributed by atoms with Crippen LogP contribution in [-0.2, 0) is 15.3 Å². The van der Waals surface area contributed by atoms with Crippen molar-refractivity contribution in [3.05, 3.63) is 119 Å². The molecule has 4 heterocycles. The van der Waals surface area contributed by atoms with Gasteiger partial charge < -0.3 is 9.84 Å². The summed E-state index contributed by atoms with van der Waals surface area (Å²) in [6.45, 7) is 5.65. The molecule has 0 radical (unpaired) electrons. The van der Waals surface area contributed by atoms with E-state index >= 15 is 0 Å². The summed E-state index contributed by atoms with van der Waals surface area (Å²) in [5.41, 5.74) is 2.27. The predicted molar refractivity (Wildman–Crippen MR) is 163 cm³/mol. The quantitative estimate of drug-likeness (QED) is 0.0529. The second-order valence-corrected chi connectivity index (χ2v) is 11.7. The number of nitrogens with zero attached hydrogens (tertiary/aromatic N) is 5. The maximum absolute atomic E-state index is 14.2. The molecule has 1 aliphatic rings. The minimum absolute atomic E-state index is 0.115. The number of fused-ring (bicyclic) bond motifs is 1. The maximum atomic E-state index is 14.2. The maximum Gasteiger partial charge on any atom is 0.301 e. The first-order valence-electron chi connectivity index (χ1n) is 13.2. The van der Waals surface area contributed by atoms with E-state index in [1.54, 1.807) is 78.2 Å². The molecule has 1 aliphatic heterocycles. The summed E-state index contributed by atoms with van der Waals surface area (Å²) in [5, 5.41) is 20.3. The van der Waals surface area contributed by atoms with Gasteiger partial charge in [0.05, 0.1) is 17.3 Å². The molecule has 1 amide bonds. The highest BCUT2D eigenvalue weighted by molar-refractivity contribution is 8.00. The lowest BCUT2D eigenvalue weighted by Gasteiger charge is -2.23. The van der Waals surface area contributed by atoms with Gasteiger partial charge in [-0.15, -0.1) is 10.2 Å². The molecule has 6 rings (SSSR count). The fraction of sp³-hybridized carbons (Fsp3) is 0.129. The van der Waals surface area contributed by atoms with Gasteiger partial charge >= 0.3 is 5.91 Å². The van der Waals surface area contributed by atoms with Crippen molar-refractivity contribution >= 4 is 51.3 Å². The predicted octanol–water partition coefficient (Wildman–Crippen LogP) is 6.12. The number of benzene rings is 2. The lowest BCUT2D eigenvalue weighted by atomic mass is 9.96. The standard InChI is InChI=1S/C31H24FN5O4S2/c1-3-15-41-21-11-8-10-19(16-21)26-24(27(38)25-18(2)33-23-13-6-7-14-36(23)25)28(39)29(40)37(26)30-34-35-31(43-30)42-17-20-9-4-5-12-22(20)32/h3-14,16,26,38H,1,15,17H2,2H3. The minimum atomic E-state index is -1.04. The van der Waals surface area contributed by atoms with Gasteiger partial charge in [-0.3, -0.25) is 18.9 Å². The van der Waals surface area contributed by atoms with Crippen LogP contribution >= 0.6 is 23.1 Å². The first-order valence-corrected chi connectivity index (χ1v) is 15.0. The van der Waals surface area contributed by atoms with E-state index in [0.29, 0.717) is 44.0 Å². The molecule has 1 saturated heterocycles. The van der Waals surface area contributed by atoms with Gasteiger partial charge in [-0.25, -0.2) is 9.37 Å². The Balaban J connectivity index is 1.45. The third-order valence-electron chi connectivity index (χ3n) is 6.83. The number of imidazole rings is 1. The summed E-state index contributed by atoms with van der Waals surface area (Å²) < 4.78 is 22.0. The van der Waals surface area contributed by atoms with E-state index in [9.17, 15) is 19.1 Å². The largest absolute Gasteiger partial charge is 0.505 e. The summed E-state index contributed by atoms with van der Waals surface area (Å²) >= 11 is 2.37. The van der Waals surface area contributed by atoms with Crippen LogP contribution in [0.2, 0.25) is 0 Å². The molecular formula is C31H24FN5O4S2. The average molecular weight is 614 g/mol. The zero-order chi connectivity index (χ0) is 30.1. The number of halogens is 1. The Labute approximate surface area is 254 Å². The van der Waals surface area contributed by atoms with Crippen LogP contribution in [-0.4, -0.2) is 43.0 Å². The van der Waals surface area contributed by atoms with E-state index < -0.39 is 17.7 Å². The lowest BCUT2D eigenvalue weighted by Crippen LogP contribution is -2.29. The molecule has 1 unspecified atom stereocenters. The third-order valence-corrected chi connectivity index (χ3v) is 8.93. The van der Waals surface area contributed by atoms with Crippen molar-refractivity contribution in [2.75, 3.05) is 11.5 Å². The number of ether oxygens (including phenoxy) is 1. The molecule has 1 fully saturated rings. The number of thioether (sulfide) groups is 1. The highest BCUT2D eigenvalue weighted by Gasteiger charge is 2.49. The highest BCUT2D eigenvalue weighted by atomic mass is 32.2. The zero-order valence-electron chi connectivity index (χ0n) is 22.8. The third kappa shape index (κ3) is 5.30. The number of aromatic nitrogens is 4. The number of aryl methyl sites for hydroxylation is 1. The van der Waals surface area contributed by atoms with E-state index in [-0.39, 0.29) is 28.9 Å². The number of carbonyl (C=O) groups excluding carboxylic acids is 2. The van der Waals surface area contributed by atoms with Gasteiger partial charge in [-0.05, 0) is 48.4 Å². The number of aliphatic hydroxyl groups is 1. The molecule has 3 aromatic heterocycles. The number of Topliss-reactive ketones (excluding diaryl/α,β-unsaturated/α-hetero) is 1. The van der Waals surface area contributed by atoms with Crippen LogP contribution in [0.15, 0.2) is 95.5 Å². The number of aliphatic hydroxyl groups excluding tert-OH is 1. The molecule has 0 aliphatic carbocycles. The fourth-order valence-electron chi connectivity index (χ4n) is 4.91. The number of anilines is 1. The Hall–Kier alpha value is -4.81. The summed E-state index contributed by atoms with van der Waals surface area (Å²) in [6, 6.07) is 17.7. The number of hydrogen-bond acceptors (Lipinski definition) is 9. The summed E-state index contributed by atoms with van der Waals surface area (Å²) in [4.78, 5) is 33.1. The Bertz CT molecular complexity index is 1920. The molecular weight excluding hydrogens is 590 g/mol. The van der Waals surface area contributed by atoms with Crippen LogP contribution in [0.1, 0.15) is 28.6 Å². The molecule has 12 heteroatoms. The van der Waals surface area contributed by atoms with Crippen LogP contribution in [0.5, 0.6) is 5.75 Å². The van der Waals surface area contributed by atoms with Crippen LogP contribution in [0.25, 0.3) is 11.4 Å². The molecule has 43 heavy (non-hydrogen) atoms. The first kappa shape index (κ1) is 28.3. The van der Waals surface area contributed by atoms with Crippen LogP contribution in [0.4, 0.5) is 9.52 Å². The van der Waals surface area contributed by atoms with Gasteiger partial charge in [-0.1, -0.05) is 72.2 Å². The second kappa shape index (κ2) is 11.8. The highest BCUT2D eigenvalue weighted by Crippen LogP contribution is 2.45. The van der Waals surface area contributed by atoms with Gasteiger partial charge in [0.2, 0.25) is 5.13 Å². The van der Waals surface area contributed by atoms with E-state index in [1.807, 2.05) is 6.07 Å². The Kier molecular flexibility index (Phi) is 7.78. The van der Waals surface area contributed by atoms with Crippen LogP contribution < -0.4 is 9.64 Å². The van der Waals surface area contributed by atoms with E-state index in [1.165, 1.54) is 22.7 Å². The van der Waals surface area contributed by atoms with Crippen LogP contribution in [0.3, 0.4) is 0 Å². The second-order valence-electron chi connectivity index (χ2n) is 9.55. The van der Waals surface area contributed by atoms with E-state index in [4.69, 9.17) is 4.74 Å². The first-order chi connectivity index (χ1) is 20.9. The summed E-state index contributed by atoms with van der Waals surface area (Å²) in [7, 11) is 0. The fourth-order valence-corrected chi connectivity index (χ4v) is 6.77. The normalized spacial score (nSPS) is 16.2. The zero-order valence-corrected chi connectivity index (χ0v) is 24.4. The van der Waals surface area contributed by atoms with Gasteiger partial charge in [0.15, 0.2) is 10.1 Å². The number of pyridine rings is 1. The molecule has 0 saturated carbocycles. The van der Waals surface area contributed by atoms with Gasteiger partial charge in [-0.2, -0.15) is 0 Å². The van der Waals surface area contributed by atoms with Crippen molar-refractivity contribution < 1.29 is 23.8 Å². The molecule has 1 atom stereocenters. The molecule has 0 bridgehead atoms. The van der Waals surface area contributed by atoms with Crippen LogP contribution in [0, 0.1) is 12.7 Å². The smallest absolute Gasteiger partial charge is 0.301 e. The van der Waals surface area contributed by atoms with Gasteiger partial charge in [0.1, 0.15) is 29.5 Å². The number of hydrogen-bond donors (Lipinski definition) is 1. The van der Waals surface area contributed by atoms with Gasteiger partial charge in [0.25, 0.3) is 5.78 Å². The minimum Gasteiger partial charge on any atom is -0.505 e. The van der Waals surface area contributed by atoms with Crippen molar-refractivity contribution in [3.63, 3.8) is 0 Å². The molecule has 0 spiro atoms. The van der Waals surface area contributed by atoms with Crippen molar-refractivity contribution in [2.45, 2.75) is 23.1 Å². The summed E-state index contributed by atoms with van der Waals surface area (Å²) in [5.74, 6) is -1.63. The van der Waals surface area contributed by atoms with Crippen molar-refractivity contribution in [3.8, 4) is 5.75 Å². The Morgan fingerprint density at radius 1 is 1.14 bits per heavy atom. The Morgan fingerprint density at radius 2 is 1.95 bits per heavy atom. The molecule has 5 aromatic rings. The average Bonchev–Trinajstić information content (AvgIpc) is 3.69. The van der Waals surface area contributed by atoms with E-state index in [2.05, 4.69) is 21.8 Å². The van der Waals surface area contributed by atoms with Crippen molar-refractivity contribution in [1.29, 1.82) is 0 Å². The number of ketones is 1. The monoisotopic (exact) mass is 613 g/mol.